The van der Waals surface area contributed by atoms with Gasteiger partial charge in [-0.25, -0.2) is 0 Å². The van der Waals surface area contributed by atoms with Gasteiger partial charge in [-0.3, -0.25) is 4.79 Å². The third kappa shape index (κ3) is 2.52. The van der Waals surface area contributed by atoms with Crippen molar-refractivity contribution < 1.29 is 25.2 Å². The van der Waals surface area contributed by atoms with Crippen molar-refractivity contribution in [2.75, 3.05) is 0 Å². The summed E-state index contributed by atoms with van der Waals surface area (Å²) in [6, 6.07) is -0.306. The molecule has 0 spiro atoms. The Balaban J connectivity index is 0.00000144. The van der Waals surface area contributed by atoms with E-state index in [4.69, 9.17) is 5.73 Å². The fourth-order valence-electron chi connectivity index (χ4n) is 1.92. The quantitative estimate of drug-likeness (QED) is 0.654. The second kappa shape index (κ2) is 4.08. The van der Waals surface area contributed by atoms with E-state index in [9.17, 15) is 4.79 Å². The Morgan fingerprint density at radius 3 is 2.08 bits per heavy atom. The van der Waals surface area contributed by atoms with Gasteiger partial charge in [0, 0.05) is 32.0 Å². The fraction of sp³-hybridized carbons (Fsp3) is 0.889. The molecule has 1 aliphatic rings. The zero-order valence-corrected chi connectivity index (χ0v) is 11.3. The van der Waals surface area contributed by atoms with Gasteiger partial charge >= 0.3 is 0 Å². The third-order valence-electron chi connectivity index (χ3n) is 2.28. The van der Waals surface area contributed by atoms with E-state index in [0.29, 0.717) is 6.42 Å². The van der Waals surface area contributed by atoms with E-state index < -0.39 is 6.04 Å². The van der Waals surface area contributed by atoms with Crippen LogP contribution >= 0.6 is 0 Å². The van der Waals surface area contributed by atoms with Crippen LogP contribution in [0.2, 0.25) is 0 Å². The number of nitrogens with zero attached hydrogens (tertiary/aromatic N) is 1. The summed E-state index contributed by atoms with van der Waals surface area (Å²) in [6.07, 6.45) is 0.677. The Kier molecular flexibility index (Phi) is 4.11. The number of hydrogen-bond acceptors (Lipinski definition) is 1. The maximum Gasteiger partial charge on any atom is 0.205 e. The molecule has 1 N–H and O–H groups in total. The van der Waals surface area contributed by atoms with Gasteiger partial charge in [0.25, 0.3) is 0 Å². The zero-order valence-electron chi connectivity index (χ0n) is 8.60. The maximum atomic E-state index is 11.5. The number of carbonyl (C=O) groups is 1. The third-order valence-corrected chi connectivity index (χ3v) is 2.28. The van der Waals surface area contributed by atoms with Crippen molar-refractivity contribution in [3.8, 4) is 0 Å². The number of hydrogen-bond donors (Lipinski definition) is 0. The molecule has 77 valence electrons. The summed E-state index contributed by atoms with van der Waals surface area (Å²) in [5.74, 6) is -0.0185. The molecule has 0 bridgehead atoms. The van der Waals surface area contributed by atoms with Crippen molar-refractivity contribution in [2.24, 2.45) is 0 Å². The van der Waals surface area contributed by atoms with Crippen LogP contribution in [0.25, 0.3) is 5.73 Å². The molecule has 0 saturated carbocycles. The molecule has 1 heterocycles. The fourth-order valence-corrected chi connectivity index (χ4v) is 1.92. The SMILES string of the molecule is C[C@H]1CC([NH-])C(=O)N1C(C)(C)C.[Re]. The molecule has 0 aliphatic carbocycles. The van der Waals surface area contributed by atoms with E-state index in [-0.39, 0.29) is 37.9 Å². The molecule has 2 atom stereocenters. The average molecular weight is 355 g/mol. The van der Waals surface area contributed by atoms with Gasteiger partial charge in [-0.1, -0.05) is 6.04 Å². The van der Waals surface area contributed by atoms with Gasteiger partial charge in [-0.05, 0) is 34.1 Å². The number of carbonyl (C=O) groups excluding carboxylic acids is 1. The van der Waals surface area contributed by atoms with Gasteiger partial charge in [0.05, 0.1) is 0 Å². The summed E-state index contributed by atoms with van der Waals surface area (Å²) < 4.78 is 0. The van der Waals surface area contributed by atoms with Gasteiger partial charge < -0.3 is 10.6 Å². The maximum absolute atomic E-state index is 11.5. The van der Waals surface area contributed by atoms with Crippen LogP contribution < -0.4 is 0 Å². The smallest absolute Gasteiger partial charge is 0.205 e. The van der Waals surface area contributed by atoms with Crippen molar-refractivity contribution in [3.05, 3.63) is 5.73 Å². The topological polar surface area (TPSA) is 44.1 Å². The van der Waals surface area contributed by atoms with E-state index in [0.717, 1.165) is 0 Å². The van der Waals surface area contributed by atoms with Crippen LogP contribution in [0.5, 0.6) is 0 Å². The van der Waals surface area contributed by atoms with Crippen molar-refractivity contribution in [3.63, 3.8) is 0 Å². The average Bonchev–Trinajstić information content (AvgIpc) is 2.05. The van der Waals surface area contributed by atoms with Gasteiger partial charge in [0.2, 0.25) is 5.91 Å². The largest absolute Gasteiger partial charge is 0.667 e. The molecule has 3 nitrogen and oxygen atoms in total. The monoisotopic (exact) mass is 356 g/mol. The molecular weight excluding hydrogens is 338 g/mol. The van der Waals surface area contributed by atoms with E-state index in [1.807, 2.05) is 32.6 Å². The van der Waals surface area contributed by atoms with Crippen molar-refractivity contribution >= 4 is 5.91 Å². The van der Waals surface area contributed by atoms with Gasteiger partial charge in [-0.2, -0.15) is 0 Å². The van der Waals surface area contributed by atoms with E-state index in [2.05, 4.69) is 0 Å². The summed E-state index contributed by atoms with van der Waals surface area (Å²) in [5.41, 5.74) is 7.35. The normalized spacial score (nSPS) is 29.0. The first-order chi connectivity index (χ1) is 5.34. The Hall–Kier alpha value is 0.0923. The minimum atomic E-state index is -0.528. The molecular formula is C9H17N2ORe-. The number of likely N-dealkylation sites (tertiary alicyclic amines) is 1. The van der Waals surface area contributed by atoms with Gasteiger partial charge in [0.1, 0.15) is 0 Å². The molecule has 0 aromatic heterocycles. The second-order valence-corrected chi connectivity index (χ2v) is 4.52. The second-order valence-electron chi connectivity index (χ2n) is 4.52. The Morgan fingerprint density at radius 2 is 1.92 bits per heavy atom. The molecule has 1 aliphatic heterocycles. The summed E-state index contributed by atoms with van der Waals surface area (Å²) in [7, 11) is 0. The number of amides is 1. The molecule has 1 unspecified atom stereocenters. The molecule has 4 heteroatoms. The number of rotatable bonds is 0. The first-order valence-corrected chi connectivity index (χ1v) is 4.38. The van der Waals surface area contributed by atoms with Crippen molar-refractivity contribution in [2.45, 2.75) is 51.7 Å². The van der Waals surface area contributed by atoms with Crippen LogP contribution in [0.4, 0.5) is 0 Å². The molecule has 0 aromatic rings. The van der Waals surface area contributed by atoms with Crippen LogP contribution in [-0.2, 0) is 25.2 Å². The van der Waals surface area contributed by atoms with Gasteiger partial charge in [0.15, 0.2) is 0 Å². The van der Waals surface area contributed by atoms with Gasteiger partial charge in [-0.15, -0.1) is 0 Å². The molecule has 1 saturated heterocycles. The minimum absolute atomic E-state index is 0. The predicted octanol–water partition coefficient (Wildman–Crippen LogP) is 1.82. The molecule has 1 amide bonds. The first kappa shape index (κ1) is 13.1. The zero-order chi connectivity index (χ0) is 9.52. The van der Waals surface area contributed by atoms with E-state index in [1.54, 1.807) is 0 Å². The van der Waals surface area contributed by atoms with Crippen LogP contribution in [-0.4, -0.2) is 28.4 Å². The molecule has 1 rings (SSSR count). The van der Waals surface area contributed by atoms with Crippen LogP contribution in [0.3, 0.4) is 0 Å². The molecule has 0 aromatic carbocycles. The van der Waals surface area contributed by atoms with Crippen molar-refractivity contribution in [1.29, 1.82) is 0 Å². The molecule has 1 radical (unpaired) electrons. The number of nitrogens with one attached hydrogen (secondary N) is 1. The molecule has 13 heavy (non-hydrogen) atoms. The van der Waals surface area contributed by atoms with Crippen molar-refractivity contribution in [1.82, 2.24) is 4.90 Å². The van der Waals surface area contributed by atoms with Crippen LogP contribution in [0.1, 0.15) is 34.1 Å². The predicted molar refractivity (Wildman–Crippen MR) is 48.8 cm³/mol. The minimum Gasteiger partial charge on any atom is -0.667 e. The van der Waals surface area contributed by atoms with E-state index in [1.165, 1.54) is 0 Å². The van der Waals surface area contributed by atoms with Crippen LogP contribution in [0.15, 0.2) is 0 Å². The first-order valence-electron chi connectivity index (χ1n) is 4.38. The standard InChI is InChI=1S/C9H17N2O.Re/c1-6-5-7(10)8(12)11(6)9(2,3)4;/h6-7,10H,5H2,1-4H3;/q-1;/t6-,7?;/m0./s1. The van der Waals surface area contributed by atoms with Crippen LogP contribution in [0, 0.1) is 0 Å². The van der Waals surface area contributed by atoms with E-state index >= 15 is 0 Å². The Labute approximate surface area is 93.7 Å². The summed E-state index contributed by atoms with van der Waals surface area (Å²) in [5, 5.41) is 0. The Morgan fingerprint density at radius 1 is 1.46 bits per heavy atom. The molecule has 1 fully saturated rings. The Bertz CT molecular complexity index is 200. The summed E-state index contributed by atoms with van der Waals surface area (Å²) in [4.78, 5) is 13.3. The summed E-state index contributed by atoms with van der Waals surface area (Å²) in [6.45, 7) is 8.05. The summed E-state index contributed by atoms with van der Waals surface area (Å²) >= 11 is 0.